The molecule has 4 rings (SSSR count). The highest BCUT2D eigenvalue weighted by Crippen LogP contribution is 2.33. The fraction of sp³-hybridized carbons (Fsp3) is 0.261. The van der Waals surface area contributed by atoms with Crippen molar-refractivity contribution in [3.63, 3.8) is 0 Å². The molecule has 2 heterocycles. The number of methoxy groups -OCH3 is 1. The van der Waals surface area contributed by atoms with Crippen molar-refractivity contribution in [1.82, 2.24) is 20.2 Å². The predicted molar refractivity (Wildman–Crippen MR) is 121 cm³/mol. The molecule has 2 amide bonds. The Morgan fingerprint density at radius 3 is 2.65 bits per heavy atom. The zero-order chi connectivity index (χ0) is 21.8. The summed E-state index contributed by atoms with van der Waals surface area (Å²) in [6, 6.07) is 16.4. The monoisotopic (exact) mass is 416 g/mol. The van der Waals surface area contributed by atoms with Gasteiger partial charge in [-0.05, 0) is 18.4 Å². The van der Waals surface area contributed by atoms with Gasteiger partial charge in [-0.1, -0.05) is 60.1 Å². The average molecular weight is 416 g/mol. The number of nitrogens with one attached hydrogen (secondary N) is 2. The first-order chi connectivity index (χ1) is 15.1. The Hall–Kier alpha value is -3.55. The van der Waals surface area contributed by atoms with Crippen molar-refractivity contribution in [2.75, 3.05) is 13.7 Å². The topological polar surface area (TPSA) is 87.3 Å². The lowest BCUT2D eigenvalue weighted by Crippen LogP contribution is -2.42. The van der Waals surface area contributed by atoms with Crippen LogP contribution in [-0.2, 0) is 9.53 Å². The molecular formula is C23H25BN4O3. The fourth-order valence-corrected chi connectivity index (χ4v) is 3.97. The number of H-pyrrole nitrogens is 1. The molecule has 2 N–H and O–H groups in total. The maximum Gasteiger partial charge on any atom is 0.407 e. The highest BCUT2D eigenvalue weighted by Gasteiger charge is 2.37. The van der Waals surface area contributed by atoms with Crippen molar-refractivity contribution in [1.29, 1.82) is 0 Å². The van der Waals surface area contributed by atoms with Crippen molar-refractivity contribution in [3.8, 4) is 11.3 Å². The molecule has 1 fully saturated rings. The first-order valence-electron chi connectivity index (χ1n) is 10.4. The van der Waals surface area contributed by atoms with E-state index in [1.165, 1.54) is 12.6 Å². The Balaban J connectivity index is 1.58. The van der Waals surface area contributed by atoms with Crippen LogP contribution in [0.4, 0.5) is 4.79 Å². The lowest BCUT2D eigenvalue weighted by Gasteiger charge is -2.28. The molecule has 0 aliphatic carbocycles. The van der Waals surface area contributed by atoms with E-state index in [0.29, 0.717) is 12.1 Å². The molecule has 0 bridgehead atoms. The minimum Gasteiger partial charge on any atom is -0.453 e. The Bertz CT molecular complexity index is 1050. The lowest BCUT2D eigenvalue weighted by atomic mass is 9.95. The van der Waals surface area contributed by atoms with Gasteiger partial charge in [0.25, 0.3) is 5.91 Å². The zero-order valence-corrected chi connectivity index (χ0v) is 17.7. The van der Waals surface area contributed by atoms with Crippen LogP contribution in [0.1, 0.15) is 36.3 Å². The molecule has 1 aromatic heterocycles. The molecule has 7 nitrogen and oxygen atoms in total. The molecule has 0 spiro atoms. The Morgan fingerprint density at radius 1 is 1.19 bits per heavy atom. The van der Waals surface area contributed by atoms with Crippen molar-refractivity contribution in [2.24, 2.45) is 0 Å². The maximum absolute atomic E-state index is 13.5. The summed E-state index contributed by atoms with van der Waals surface area (Å²) in [6.45, 7) is 0.607. The van der Waals surface area contributed by atoms with Gasteiger partial charge in [0.15, 0.2) is 0 Å². The van der Waals surface area contributed by atoms with Gasteiger partial charge in [0.05, 0.1) is 18.8 Å². The molecule has 31 heavy (non-hydrogen) atoms. The van der Waals surface area contributed by atoms with E-state index in [0.717, 1.165) is 29.9 Å². The van der Waals surface area contributed by atoms with E-state index in [-0.39, 0.29) is 11.9 Å². The standard InChI is InChI=1S/C23H25BN4O3/c1-31-23(30)27-20(16-6-3-2-4-7-16)22(29)28-13-5-8-19(28)21-25-14-18(26-21)15-9-11-17(24)12-10-15/h2-4,6-7,9-12,14,19-20H,5,8,13,24H2,1H3,(H,25,26)(H,27,30)/t19-,20?/m0/s1. The summed E-state index contributed by atoms with van der Waals surface area (Å²) in [4.78, 5) is 35.3. The Labute approximate surface area is 182 Å². The number of rotatable bonds is 5. The van der Waals surface area contributed by atoms with E-state index in [2.05, 4.69) is 22.4 Å². The van der Waals surface area contributed by atoms with Crippen molar-refractivity contribution < 1.29 is 14.3 Å². The van der Waals surface area contributed by atoms with Gasteiger partial charge in [0, 0.05) is 18.3 Å². The first-order valence-corrected chi connectivity index (χ1v) is 10.4. The molecule has 1 aliphatic rings. The molecule has 158 valence electrons. The summed E-state index contributed by atoms with van der Waals surface area (Å²) in [5, 5.41) is 2.69. The number of carbonyl (C=O) groups excluding carboxylic acids is 2. The average Bonchev–Trinajstić information content (AvgIpc) is 3.47. The second-order valence-corrected chi connectivity index (χ2v) is 7.71. The Kier molecular flexibility index (Phi) is 6.07. The number of aromatic nitrogens is 2. The van der Waals surface area contributed by atoms with Gasteiger partial charge in [-0.2, -0.15) is 0 Å². The number of aromatic amines is 1. The molecule has 1 aliphatic heterocycles. The molecule has 1 saturated heterocycles. The van der Waals surface area contributed by atoms with Crippen molar-refractivity contribution >= 4 is 25.3 Å². The summed E-state index contributed by atoms with van der Waals surface area (Å²) < 4.78 is 4.75. The minimum absolute atomic E-state index is 0.169. The predicted octanol–water partition coefficient (Wildman–Crippen LogP) is 2.10. The molecule has 3 aromatic rings. The molecule has 0 saturated carbocycles. The summed E-state index contributed by atoms with van der Waals surface area (Å²) in [5.41, 5.74) is 3.78. The number of amides is 2. The summed E-state index contributed by atoms with van der Waals surface area (Å²) >= 11 is 0. The van der Waals surface area contributed by atoms with Crippen molar-refractivity contribution in [3.05, 3.63) is 72.2 Å². The van der Waals surface area contributed by atoms with Crippen LogP contribution in [-0.4, -0.2) is 48.4 Å². The van der Waals surface area contributed by atoms with E-state index < -0.39 is 12.1 Å². The van der Waals surface area contributed by atoms with Crippen LogP contribution in [0, 0.1) is 0 Å². The molecule has 2 aromatic carbocycles. The second-order valence-electron chi connectivity index (χ2n) is 7.71. The normalized spacial score (nSPS) is 16.7. The number of nitrogens with zero attached hydrogens (tertiary/aromatic N) is 2. The van der Waals surface area contributed by atoms with E-state index in [1.807, 2.05) is 56.5 Å². The Morgan fingerprint density at radius 2 is 1.94 bits per heavy atom. The lowest BCUT2D eigenvalue weighted by molar-refractivity contribution is -0.134. The molecule has 0 radical (unpaired) electrons. The van der Waals surface area contributed by atoms with Crippen LogP contribution in [0.25, 0.3) is 11.3 Å². The third kappa shape index (κ3) is 4.48. The quantitative estimate of drug-likeness (QED) is 0.624. The van der Waals surface area contributed by atoms with Gasteiger partial charge in [0.2, 0.25) is 0 Å². The van der Waals surface area contributed by atoms with Gasteiger partial charge in [0.1, 0.15) is 19.7 Å². The van der Waals surface area contributed by atoms with Crippen LogP contribution >= 0.6 is 0 Å². The van der Waals surface area contributed by atoms with E-state index in [9.17, 15) is 9.59 Å². The number of likely N-dealkylation sites (tertiary alicyclic amines) is 1. The summed E-state index contributed by atoms with van der Waals surface area (Å²) in [7, 11) is 3.34. The van der Waals surface area contributed by atoms with E-state index in [1.54, 1.807) is 4.90 Å². The zero-order valence-electron chi connectivity index (χ0n) is 17.7. The van der Waals surface area contributed by atoms with Gasteiger partial charge >= 0.3 is 6.09 Å². The number of hydrogen-bond acceptors (Lipinski definition) is 4. The van der Waals surface area contributed by atoms with Gasteiger partial charge in [-0.25, -0.2) is 9.78 Å². The van der Waals surface area contributed by atoms with Gasteiger partial charge < -0.3 is 19.9 Å². The van der Waals surface area contributed by atoms with E-state index in [4.69, 9.17) is 9.72 Å². The maximum atomic E-state index is 13.5. The smallest absolute Gasteiger partial charge is 0.407 e. The number of imidazole rings is 1. The van der Waals surface area contributed by atoms with Crippen LogP contribution in [0.5, 0.6) is 0 Å². The first kappa shape index (κ1) is 20.7. The van der Waals surface area contributed by atoms with Crippen LogP contribution in [0.2, 0.25) is 0 Å². The van der Waals surface area contributed by atoms with Crippen LogP contribution < -0.4 is 10.8 Å². The minimum atomic E-state index is -0.819. The van der Waals surface area contributed by atoms with Gasteiger partial charge in [-0.3, -0.25) is 4.79 Å². The number of alkyl carbamates (subject to hydrolysis) is 1. The fourth-order valence-electron chi connectivity index (χ4n) is 3.97. The number of ether oxygens (including phenoxy) is 1. The molecule has 8 heteroatoms. The van der Waals surface area contributed by atoms with E-state index >= 15 is 0 Å². The number of benzene rings is 2. The van der Waals surface area contributed by atoms with Crippen LogP contribution in [0.15, 0.2) is 60.8 Å². The summed E-state index contributed by atoms with van der Waals surface area (Å²) in [6.07, 6.45) is 2.92. The molecule has 2 atom stereocenters. The largest absolute Gasteiger partial charge is 0.453 e. The molecular weight excluding hydrogens is 391 g/mol. The highest BCUT2D eigenvalue weighted by molar-refractivity contribution is 6.32. The summed E-state index contributed by atoms with van der Waals surface area (Å²) in [5.74, 6) is 0.582. The van der Waals surface area contributed by atoms with Crippen LogP contribution in [0.3, 0.4) is 0 Å². The third-order valence-corrected chi connectivity index (χ3v) is 5.62. The third-order valence-electron chi connectivity index (χ3n) is 5.62. The second kappa shape index (κ2) is 9.08. The number of carbonyl (C=O) groups is 2. The highest BCUT2D eigenvalue weighted by atomic mass is 16.5. The SMILES string of the molecule is Bc1ccc(-c2c[nH]c([C@@H]3CCCN3C(=O)C(NC(=O)OC)c3ccccc3)n2)cc1. The van der Waals surface area contributed by atoms with Crippen molar-refractivity contribution in [2.45, 2.75) is 24.9 Å². The van der Waals surface area contributed by atoms with Gasteiger partial charge in [-0.15, -0.1) is 0 Å². The molecule has 1 unspecified atom stereocenters. The number of hydrogen-bond donors (Lipinski definition) is 2.